The van der Waals surface area contributed by atoms with E-state index in [0.717, 1.165) is 82.5 Å². The maximum Gasteiger partial charge on any atom is 0.177 e. The minimum absolute atomic E-state index is 0.309. The highest BCUT2D eigenvalue weighted by molar-refractivity contribution is 5.96. The number of nitrogens with zero attached hydrogens (tertiary/aromatic N) is 7. The van der Waals surface area contributed by atoms with Gasteiger partial charge in [-0.05, 0) is 46.0 Å². The highest BCUT2D eigenvalue weighted by Gasteiger charge is 2.17. The standard InChI is InChI=1S/C27H31N9/c1-17(2)36-18(3)32-27-24(36)11-19(14-29-27)23-16-31-26-22(23)12-21(15-30-26)33-20-5-6-28-25(13-20)35-9-7-34(4)8-10-35/h5-6,11-17H,7-10H2,1-4H3,(H,28,33)(H,30,31). The van der Waals surface area contributed by atoms with E-state index < -0.39 is 0 Å². The van der Waals surface area contributed by atoms with E-state index in [2.05, 4.69) is 83.7 Å². The monoisotopic (exact) mass is 481 g/mol. The van der Waals surface area contributed by atoms with Gasteiger partial charge in [0.1, 0.15) is 17.3 Å². The van der Waals surface area contributed by atoms with Gasteiger partial charge in [0.2, 0.25) is 0 Å². The van der Waals surface area contributed by atoms with Crippen LogP contribution < -0.4 is 10.2 Å². The molecule has 0 aromatic carbocycles. The molecule has 0 atom stereocenters. The van der Waals surface area contributed by atoms with Gasteiger partial charge in [0.05, 0.1) is 17.4 Å². The smallest absolute Gasteiger partial charge is 0.177 e. The maximum absolute atomic E-state index is 4.67. The number of hydrogen-bond acceptors (Lipinski definition) is 7. The van der Waals surface area contributed by atoms with Crippen LogP contribution >= 0.6 is 0 Å². The van der Waals surface area contributed by atoms with Crippen molar-refractivity contribution in [2.45, 2.75) is 26.8 Å². The summed E-state index contributed by atoms with van der Waals surface area (Å²) in [5.41, 5.74) is 6.70. The summed E-state index contributed by atoms with van der Waals surface area (Å²) in [5.74, 6) is 1.98. The maximum atomic E-state index is 4.67. The summed E-state index contributed by atoms with van der Waals surface area (Å²) < 4.78 is 2.23. The lowest BCUT2D eigenvalue weighted by molar-refractivity contribution is 0.312. The summed E-state index contributed by atoms with van der Waals surface area (Å²) >= 11 is 0. The van der Waals surface area contributed by atoms with Gasteiger partial charge in [-0.1, -0.05) is 0 Å². The Balaban J connectivity index is 1.32. The third kappa shape index (κ3) is 4.05. The predicted octanol–water partition coefficient (Wildman–Crippen LogP) is 4.75. The number of imidazole rings is 1. The Morgan fingerprint density at radius 1 is 0.972 bits per heavy atom. The molecule has 0 unspecified atom stereocenters. The molecule has 0 amide bonds. The number of aromatic nitrogens is 6. The van der Waals surface area contributed by atoms with Crippen molar-refractivity contribution >= 4 is 39.4 Å². The summed E-state index contributed by atoms with van der Waals surface area (Å²) in [4.78, 5) is 26.6. The molecule has 0 bridgehead atoms. The molecule has 0 radical (unpaired) electrons. The van der Waals surface area contributed by atoms with Gasteiger partial charge in [-0.3, -0.25) is 0 Å². The number of aryl methyl sites for hydroxylation is 1. The molecule has 9 nitrogen and oxygen atoms in total. The number of pyridine rings is 3. The first-order valence-corrected chi connectivity index (χ1v) is 12.4. The fourth-order valence-electron chi connectivity index (χ4n) is 5.07. The van der Waals surface area contributed by atoms with Crippen LogP contribution in [-0.4, -0.2) is 67.6 Å². The van der Waals surface area contributed by atoms with E-state index in [1.807, 2.05) is 37.8 Å². The van der Waals surface area contributed by atoms with Gasteiger partial charge in [0.15, 0.2) is 5.65 Å². The van der Waals surface area contributed by atoms with Gasteiger partial charge in [-0.15, -0.1) is 0 Å². The third-order valence-electron chi connectivity index (χ3n) is 6.94. The number of hydrogen-bond donors (Lipinski definition) is 2. The van der Waals surface area contributed by atoms with Crippen LogP contribution in [0.3, 0.4) is 0 Å². The van der Waals surface area contributed by atoms with Gasteiger partial charge in [-0.25, -0.2) is 19.9 Å². The van der Waals surface area contributed by atoms with Gasteiger partial charge in [-0.2, -0.15) is 0 Å². The largest absolute Gasteiger partial charge is 0.354 e. The molecule has 184 valence electrons. The van der Waals surface area contributed by atoms with Crippen molar-refractivity contribution in [3.8, 4) is 11.1 Å². The number of H-pyrrole nitrogens is 1. The number of nitrogens with one attached hydrogen (secondary N) is 2. The van der Waals surface area contributed by atoms with Crippen molar-refractivity contribution in [3.63, 3.8) is 0 Å². The second-order valence-electron chi connectivity index (χ2n) is 9.83. The number of rotatable bonds is 5. The van der Waals surface area contributed by atoms with Crippen LogP contribution in [0.15, 0.2) is 49.1 Å². The molecule has 0 spiro atoms. The molecule has 9 heteroatoms. The number of anilines is 3. The molecule has 1 aliphatic heterocycles. The fourth-order valence-corrected chi connectivity index (χ4v) is 5.07. The average Bonchev–Trinajstić information content (AvgIpc) is 3.44. The highest BCUT2D eigenvalue weighted by atomic mass is 15.3. The normalized spacial score (nSPS) is 14.9. The summed E-state index contributed by atoms with van der Waals surface area (Å²) in [6, 6.07) is 8.73. The van der Waals surface area contributed by atoms with Crippen molar-refractivity contribution in [1.29, 1.82) is 0 Å². The number of piperazine rings is 1. The van der Waals surface area contributed by atoms with Crippen LogP contribution in [-0.2, 0) is 0 Å². The van der Waals surface area contributed by atoms with Gasteiger partial charge in [0, 0.05) is 79.1 Å². The molecule has 6 heterocycles. The van der Waals surface area contributed by atoms with Gasteiger partial charge >= 0.3 is 0 Å². The Hall–Kier alpha value is -3.98. The second-order valence-corrected chi connectivity index (χ2v) is 9.83. The van der Waals surface area contributed by atoms with E-state index in [0.29, 0.717) is 6.04 Å². The van der Waals surface area contributed by atoms with Crippen LogP contribution in [0.5, 0.6) is 0 Å². The molecule has 5 aromatic rings. The Morgan fingerprint density at radius 3 is 2.61 bits per heavy atom. The molecule has 0 aliphatic carbocycles. The van der Waals surface area contributed by atoms with Crippen molar-refractivity contribution in [2.75, 3.05) is 43.4 Å². The molecule has 6 rings (SSSR count). The topological polar surface area (TPSA) is 90.8 Å². The first kappa shape index (κ1) is 22.5. The molecule has 2 N–H and O–H groups in total. The molecular weight excluding hydrogens is 450 g/mol. The van der Waals surface area contributed by atoms with E-state index in [1.54, 1.807) is 0 Å². The zero-order valence-corrected chi connectivity index (χ0v) is 21.2. The highest BCUT2D eigenvalue weighted by Crippen LogP contribution is 2.32. The predicted molar refractivity (Wildman–Crippen MR) is 145 cm³/mol. The zero-order chi connectivity index (χ0) is 24.8. The number of fused-ring (bicyclic) bond motifs is 2. The van der Waals surface area contributed by atoms with Crippen LogP contribution in [0.1, 0.15) is 25.7 Å². The molecule has 1 saturated heterocycles. The zero-order valence-electron chi connectivity index (χ0n) is 21.2. The molecule has 1 aliphatic rings. The van der Waals surface area contributed by atoms with Gasteiger partial charge in [0.25, 0.3) is 0 Å². The molecule has 5 aromatic heterocycles. The van der Waals surface area contributed by atoms with Crippen molar-refractivity contribution in [1.82, 2.24) is 34.4 Å². The third-order valence-corrected chi connectivity index (χ3v) is 6.94. The Kier molecular flexibility index (Phi) is 5.56. The minimum Gasteiger partial charge on any atom is -0.354 e. The van der Waals surface area contributed by atoms with Crippen LogP contribution in [0.4, 0.5) is 17.2 Å². The van der Waals surface area contributed by atoms with E-state index in [4.69, 9.17) is 0 Å². The van der Waals surface area contributed by atoms with E-state index in [9.17, 15) is 0 Å². The molecule has 0 saturated carbocycles. The Bertz CT molecular complexity index is 1540. The summed E-state index contributed by atoms with van der Waals surface area (Å²) in [6.45, 7) is 10.4. The second kappa shape index (κ2) is 8.91. The lowest BCUT2D eigenvalue weighted by atomic mass is 10.1. The molecular formula is C27H31N9. The quantitative estimate of drug-likeness (QED) is 0.374. The van der Waals surface area contributed by atoms with Crippen LogP contribution in [0, 0.1) is 6.92 Å². The Labute approximate surface area is 210 Å². The summed E-state index contributed by atoms with van der Waals surface area (Å²) in [6.07, 6.45) is 7.63. The average molecular weight is 482 g/mol. The lowest BCUT2D eigenvalue weighted by Gasteiger charge is -2.33. The molecule has 1 fully saturated rings. The van der Waals surface area contributed by atoms with E-state index >= 15 is 0 Å². The van der Waals surface area contributed by atoms with Gasteiger partial charge < -0.3 is 24.7 Å². The first-order chi connectivity index (χ1) is 17.5. The first-order valence-electron chi connectivity index (χ1n) is 12.4. The van der Waals surface area contributed by atoms with Crippen LogP contribution in [0.2, 0.25) is 0 Å². The van der Waals surface area contributed by atoms with E-state index in [-0.39, 0.29) is 0 Å². The summed E-state index contributed by atoms with van der Waals surface area (Å²) in [5, 5.41) is 4.57. The summed E-state index contributed by atoms with van der Waals surface area (Å²) in [7, 11) is 2.16. The van der Waals surface area contributed by atoms with Crippen molar-refractivity contribution in [2.24, 2.45) is 0 Å². The van der Waals surface area contributed by atoms with Crippen molar-refractivity contribution in [3.05, 3.63) is 54.9 Å². The van der Waals surface area contributed by atoms with Crippen molar-refractivity contribution < 1.29 is 0 Å². The molecule has 36 heavy (non-hydrogen) atoms. The lowest BCUT2D eigenvalue weighted by Crippen LogP contribution is -2.44. The number of aromatic amines is 1. The van der Waals surface area contributed by atoms with Crippen LogP contribution in [0.25, 0.3) is 33.3 Å². The minimum atomic E-state index is 0.309. The SMILES string of the molecule is Cc1nc2ncc(-c3c[nH]c4ncc(Nc5ccnc(N6CCN(C)CC6)c5)cc34)cc2n1C(C)C. The Morgan fingerprint density at radius 2 is 1.81 bits per heavy atom. The number of likely N-dealkylation sites (N-methyl/N-ethyl adjacent to an activating group) is 1. The fraction of sp³-hybridized carbons (Fsp3) is 0.333. The van der Waals surface area contributed by atoms with E-state index in [1.165, 1.54) is 0 Å².